The predicted octanol–water partition coefficient (Wildman–Crippen LogP) is 6.42. The number of carbonyl (C=O) groups is 4. The van der Waals surface area contributed by atoms with Gasteiger partial charge in [0.2, 0.25) is 17.7 Å². The number of fused-ring (bicyclic) bond motifs is 1. The van der Waals surface area contributed by atoms with Crippen molar-refractivity contribution in [2.45, 2.75) is 78.6 Å². The van der Waals surface area contributed by atoms with Crippen molar-refractivity contribution in [3.63, 3.8) is 0 Å². The molecule has 0 saturated heterocycles. The fourth-order valence-electron chi connectivity index (χ4n) is 6.36. The molecule has 4 aromatic carbocycles. The molecule has 54 heavy (non-hydrogen) atoms. The molecule has 0 aliphatic carbocycles. The van der Waals surface area contributed by atoms with Gasteiger partial charge in [-0.25, -0.2) is 5.06 Å². The van der Waals surface area contributed by atoms with E-state index in [0.29, 0.717) is 35.5 Å². The molecule has 0 fully saturated rings. The van der Waals surface area contributed by atoms with E-state index in [1.165, 1.54) is 12.2 Å². The molecule has 0 saturated carbocycles. The van der Waals surface area contributed by atoms with Crippen LogP contribution in [0, 0.1) is 17.8 Å². The van der Waals surface area contributed by atoms with Crippen molar-refractivity contribution in [2.75, 3.05) is 14.2 Å². The number of nitrogens with zero attached hydrogens (tertiary/aromatic N) is 1. The van der Waals surface area contributed by atoms with Crippen molar-refractivity contribution in [3.05, 3.63) is 108 Å². The van der Waals surface area contributed by atoms with Crippen LogP contribution in [0.1, 0.15) is 70.6 Å². The van der Waals surface area contributed by atoms with Gasteiger partial charge in [0, 0.05) is 24.0 Å². The van der Waals surface area contributed by atoms with E-state index in [-0.39, 0.29) is 31.4 Å². The van der Waals surface area contributed by atoms with Crippen LogP contribution in [0.4, 0.5) is 0 Å². The zero-order chi connectivity index (χ0) is 39.4. The average molecular weight is 739 g/mol. The molecule has 4 aromatic rings. The molecule has 0 aliphatic heterocycles. The van der Waals surface area contributed by atoms with Crippen molar-refractivity contribution >= 4 is 34.4 Å². The molecule has 0 aromatic heterocycles. The molecule has 11 nitrogen and oxygen atoms in total. The van der Waals surface area contributed by atoms with Crippen LogP contribution in [0.3, 0.4) is 0 Å². The van der Waals surface area contributed by atoms with Crippen LogP contribution < -0.4 is 25.8 Å². The number of methoxy groups -OCH3 is 2. The fourth-order valence-corrected chi connectivity index (χ4v) is 6.36. The lowest BCUT2D eigenvalue weighted by Gasteiger charge is -2.34. The number of amides is 4. The molecule has 0 bridgehead atoms. The number of ether oxygens (including phenoxy) is 2. The van der Waals surface area contributed by atoms with E-state index < -0.39 is 41.1 Å². The van der Waals surface area contributed by atoms with Crippen LogP contribution in [0.15, 0.2) is 91.0 Å². The third-order valence-corrected chi connectivity index (χ3v) is 9.82. The quantitative estimate of drug-likeness (QED) is 0.0941. The summed E-state index contributed by atoms with van der Waals surface area (Å²) in [6.07, 6.45) is 0.738. The Kier molecular flexibility index (Phi) is 14.6. The van der Waals surface area contributed by atoms with Gasteiger partial charge in [0.25, 0.3) is 5.91 Å². The number of hydrogen-bond acceptors (Lipinski definition) is 7. The highest BCUT2D eigenvalue weighted by molar-refractivity contribution is 5.97. The summed E-state index contributed by atoms with van der Waals surface area (Å²) in [7, 11) is 3.10. The van der Waals surface area contributed by atoms with E-state index in [9.17, 15) is 19.2 Å². The number of nitrogens with two attached hydrogens (primary N) is 1. The van der Waals surface area contributed by atoms with Gasteiger partial charge in [-0.3, -0.25) is 24.0 Å². The van der Waals surface area contributed by atoms with Gasteiger partial charge >= 0.3 is 0 Å². The zero-order valence-electron chi connectivity index (χ0n) is 32.4. The third-order valence-electron chi connectivity index (χ3n) is 9.82. The molecule has 0 spiro atoms. The van der Waals surface area contributed by atoms with Gasteiger partial charge in [-0.1, -0.05) is 101 Å². The lowest BCUT2D eigenvalue weighted by atomic mass is 9.86. The van der Waals surface area contributed by atoms with E-state index in [4.69, 9.17) is 20.0 Å². The average Bonchev–Trinajstić information content (AvgIpc) is 3.17. The Morgan fingerprint density at radius 1 is 0.852 bits per heavy atom. The predicted molar refractivity (Wildman–Crippen MR) is 209 cm³/mol. The summed E-state index contributed by atoms with van der Waals surface area (Å²) in [5.74, 6) is -2.14. The van der Waals surface area contributed by atoms with Crippen LogP contribution >= 0.6 is 0 Å². The second-order valence-electron chi connectivity index (χ2n) is 14.3. The van der Waals surface area contributed by atoms with Crippen LogP contribution in [0.25, 0.3) is 10.8 Å². The molecule has 4 rings (SSSR count). The summed E-state index contributed by atoms with van der Waals surface area (Å²) >= 11 is 0. The third kappa shape index (κ3) is 10.6. The molecule has 4 N–H and O–H groups in total. The van der Waals surface area contributed by atoms with Gasteiger partial charge in [-0.05, 0) is 65.3 Å². The summed E-state index contributed by atoms with van der Waals surface area (Å²) in [5.41, 5.74) is 6.15. The Hall–Kier alpha value is -5.42. The number of carbonyl (C=O) groups excluding carboxylic acids is 4. The van der Waals surface area contributed by atoms with Crippen molar-refractivity contribution < 1.29 is 33.5 Å². The monoisotopic (exact) mass is 738 g/mol. The van der Waals surface area contributed by atoms with E-state index in [1.807, 2.05) is 94.4 Å². The van der Waals surface area contributed by atoms with Crippen molar-refractivity contribution in [3.8, 4) is 11.5 Å². The number of primary amides is 1. The molecular weight excluding hydrogens is 684 g/mol. The van der Waals surface area contributed by atoms with Gasteiger partial charge in [-0.2, -0.15) is 0 Å². The highest BCUT2D eigenvalue weighted by Crippen LogP contribution is 2.30. The first-order valence-corrected chi connectivity index (χ1v) is 18.4. The van der Waals surface area contributed by atoms with Crippen molar-refractivity contribution in [1.82, 2.24) is 15.7 Å². The van der Waals surface area contributed by atoms with Crippen LogP contribution in [-0.2, 0) is 42.7 Å². The molecule has 0 heterocycles. The molecule has 0 aliphatic rings. The van der Waals surface area contributed by atoms with Crippen molar-refractivity contribution in [1.29, 1.82) is 0 Å². The minimum absolute atomic E-state index is 0.0271. The maximum atomic E-state index is 14.5. The minimum atomic E-state index is -1.64. The normalized spacial score (nSPS) is 14.0. The lowest BCUT2D eigenvalue weighted by molar-refractivity contribution is -0.197. The van der Waals surface area contributed by atoms with Gasteiger partial charge < -0.3 is 25.8 Å². The number of benzene rings is 4. The summed E-state index contributed by atoms with van der Waals surface area (Å²) < 4.78 is 11.0. The Bertz CT molecular complexity index is 1900. The first-order valence-electron chi connectivity index (χ1n) is 18.4. The van der Waals surface area contributed by atoms with Crippen LogP contribution in [0.2, 0.25) is 0 Å². The SMILES string of the molecule is CCC(C)[C@H](NC(=O)[C@@](C)(NC(=O)C(CC(=O)N(Cc1ccc(OC)cc1OC)OCc1ccccc1)CC(C)C)c1ccc2ccccc2c1)C(N)=O. The number of hydrogen-bond donors (Lipinski definition) is 3. The summed E-state index contributed by atoms with van der Waals surface area (Å²) in [4.78, 5) is 61.7. The largest absolute Gasteiger partial charge is 0.497 e. The standard InChI is InChI=1S/C43H54N4O7/c1-8-29(4)39(40(44)49)45-42(51)43(5,35-20-18-31-16-12-13-17-32(31)23-35)46-41(50)34(22-28(2)3)24-38(48)47(54-27-30-14-10-9-11-15-30)26-33-19-21-36(52-6)25-37(33)53-7/h9-21,23,25,28-29,34,39H,8,22,24,26-27H2,1-7H3,(H2,44,49)(H,45,51)(H,46,50)/t29?,34?,39-,43-/m0/s1. The Morgan fingerprint density at radius 2 is 1.54 bits per heavy atom. The second kappa shape index (κ2) is 19.1. The summed E-state index contributed by atoms with van der Waals surface area (Å²) in [6, 6.07) is 27.0. The van der Waals surface area contributed by atoms with Crippen molar-refractivity contribution in [2.24, 2.45) is 23.5 Å². The smallest absolute Gasteiger partial charge is 0.250 e. The van der Waals surface area contributed by atoms with Gasteiger partial charge in [-0.15, -0.1) is 0 Å². The molecule has 2 unspecified atom stereocenters. The molecule has 288 valence electrons. The Balaban J connectivity index is 1.68. The van der Waals surface area contributed by atoms with E-state index >= 15 is 0 Å². The van der Waals surface area contributed by atoms with E-state index in [0.717, 1.165) is 16.3 Å². The number of hydroxylamine groups is 2. The highest BCUT2D eigenvalue weighted by atomic mass is 16.7. The van der Waals surface area contributed by atoms with E-state index in [2.05, 4.69) is 10.6 Å². The first kappa shape index (κ1) is 41.3. The zero-order valence-corrected chi connectivity index (χ0v) is 32.4. The fraction of sp³-hybridized carbons (Fsp3) is 0.395. The molecule has 4 amide bonds. The Morgan fingerprint density at radius 3 is 2.17 bits per heavy atom. The van der Waals surface area contributed by atoms with Gasteiger partial charge in [0.05, 0.1) is 20.8 Å². The second-order valence-corrected chi connectivity index (χ2v) is 14.3. The first-order chi connectivity index (χ1) is 25.8. The van der Waals surface area contributed by atoms with Gasteiger partial charge in [0.15, 0.2) is 0 Å². The maximum Gasteiger partial charge on any atom is 0.250 e. The topological polar surface area (TPSA) is 149 Å². The molecular formula is C43H54N4O7. The number of nitrogens with one attached hydrogen (secondary N) is 2. The summed E-state index contributed by atoms with van der Waals surface area (Å²) in [5, 5.41) is 8.93. The maximum absolute atomic E-state index is 14.5. The van der Waals surface area contributed by atoms with Gasteiger partial charge in [0.1, 0.15) is 29.7 Å². The van der Waals surface area contributed by atoms with Crippen LogP contribution in [0.5, 0.6) is 11.5 Å². The lowest BCUT2D eigenvalue weighted by Crippen LogP contribution is -2.60. The van der Waals surface area contributed by atoms with Crippen LogP contribution in [-0.4, -0.2) is 49.0 Å². The Labute approximate surface area is 318 Å². The molecule has 0 radical (unpaired) electrons. The number of rotatable bonds is 19. The highest BCUT2D eigenvalue weighted by Gasteiger charge is 2.41. The molecule has 11 heteroatoms. The van der Waals surface area contributed by atoms with E-state index in [1.54, 1.807) is 38.3 Å². The summed E-state index contributed by atoms with van der Waals surface area (Å²) in [6.45, 7) is 9.43. The minimum Gasteiger partial charge on any atom is -0.497 e. The molecule has 4 atom stereocenters.